The monoisotopic (exact) mass is 371 g/mol. The summed E-state index contributed by atoms with van der Waals surface area (Å²) in [6, 6.07) is 10.3. The topological polar surface area (TPSA) is 38.3 Å². The molecule has 0 heterocycles. The number of rotatable bonds is 4. The van der Waals surface area contributed by atoms with Crippen LogP contribution >= 0.6 is 27.5 Å². The highest BCUT2D eigenvalue weighted by Crippen LogP contribution is 2.27. The van der Waals surface area contributed by atoms with E-state index in [1.807, 2.05) is 6.07 Å². The van der Waals surface area contributed by atoms with Gasteiger partial charge in [-0.05, 0) is 36.4 Å². The highest BCUT2D eigenvalue weighted by Gasteiger charge is 2.25. The maximum Gasteiger partial charge on any atom is 0.333 e. The first-order valence-corrected chi connectivity index (χ1v) is 7.23. The van der Waals surface area contributed by atoms with Crippen LogP contribution in [0.15, 0.2) is 46.9 Å². The SMILES string of the molecule is COC(=O)C(Nc1cccc(Br)c1)c1cc(Cl)ccc1F. The van der Waals surface area contributed by atoms with Crippen molar-refractivity contribution in [3.05, 3.63) is 63.3 Å². The van der Waals surface area contributed by atoms with Crippen molar-refractivity contribution in [1.82, 2.24) is 0 Å². The summed E-state index contributed by atoms with van der Waals surface area (Å²) in [6.07, 6.45) is 0. The van der Waals surface area contributed by atoms with Crippen LogP contribution in [0.4, 0.5) is 10.1 Å². The van der Waals surface area contributed by atoms with Crippen molar-refractivity contribution in [2.75, 3.05) is 12.4 Å². The third kappa shape index (κ3) is 3.95. The lowest BCUT2D eigenvalue weighted by Gasteiger charge is -2.19. The summed E-state index contributed by atoms with van der Waals surface area (Å²) in [5.41, 5.74) is 0.786. The van der Waals surface area contributed by atoms with Gasteiger partial charge in [-0.3, -0.25) is 0 Å². The van der Waals surface area contributed by atoms with Gasteiger partial charge >= 0.3 is 5.97 Å². The Hall–Kier alpha value is -1.59. The Morgan fingerprint density at radius 2 is 2.10 bits per heavy atom. The van der Waals surface area contributed by atoms with Gasteiger partial charge in [0, 0.05) is 20.7 Å². The van der Waals surface area contributed by atoms with Crippen LogP contribution in [-0.4, -0.2) is 13.1 Å². The standard InChI is InChI=1S/C15H12BrClFNO2/c1-21-15(20)14(12-8-10(17)5-6-13(12)18)19-11-4-2-3-9(16)7-11/h2-8,14,19H,1H3. The molecule has 0 radical (unpaired) electrons. The van der Waals surface area contributed by atoms with Gasteiger partial charge in [0.2, 0.25) is 0 Å². The largest absolute Gasteiger partial charge is 0.467 e. The number of carbonyl (C=O) groups excluding carboxylic acids is 1. The van der Waals surface area contributed by atoms with Crippen LogP contribution < -0.4 is 5.32 Å². The maximum atomic E-state index is 14.0. The quantitative estimate of drug-likeness (QED) is 0.799. The molecule has 1 atom stereocenters. The van der Waals surface area contributed by atoms with Crippen LogP contribution in [0.1, 0.15) is 11.6 Å². The van der Waals surface area contributed by atoms with Gasteiger partial charge in [-0.2, -0.15) is 0 Å². The van der Waals surface area contributed by atoms with E-state index in [-0.39, 0.29) is 5.56 Å². The number of hydrogen-bond donors (Lipinski definition) is 1. The number of nitrogens with one attached hydrogen (secondary N) is 1. The van der Waals surface area contributed by atoms with Crippen molar-refractivity contribution >= 4 is 39.2 Å². The van der Waals surface area contributed by atoms with E-state index in [2.05, 4.69) is 21.2 Å². The molecule has 1 unspecified atom stereocenters. The van der Waals surface area contributed by atoms with Crippen molar-refractivity contribution in [2.45, 2.75) is 6.04 Å². The lowest BCUT2D eigenvalue weighted by Crippen LogP contribution is -2.23. The van der Waals surface area contributed by atoms with Crippen LogP contribution in [0.2, 0.25) is 5.02 Å². The molecule has 0 bridgehead atoms. The summed E-state index contributed by atoms with van der Waals surface area (Å²) in [5, 5.41) is 3.30. The van der Waals surface area contributed by atoms with Crippen molar-refractivity contribution in [2.24, 2.45) is 0 Å². The zero-order chi connectivity index (χ0) is 15.4. The van der Waals surface area contributed by atoms with E-state index in [0.717, 1.165) is 4.47 Å². The van der Waals surface area contributed by atoms with Crippen molar-refractivity contribution in [3.8, 4) is 0 Å². The minimum Gasteiger partial charge on any atom is -0.467 e. The maximum absolute atomic E-state index is 14.0. The number of benzene rings is 2. The van der Waals surface area contributed by atoms with Crippen molar-refractivity contribution < 1.29 is 13.9 Å². The molecule has 1 N–H and O–H groups in total. The van der Waals surface area contributed by atoms with E-state index in [0.29, 0.717) is 10.7 Å². The van der Waals surface area contributed by atoms with Gasteiger partial charge in [-0.1, -0.05) is 33.6 Å². The zero-order valence-corrected chi connectivity index (χ0v) is 13.4. The molecular formula is C15H12BrClFNO2. The van der Waals surface area contributed by atoms with Gasteiger partial charge in [0.05, 0.1) is 7.11 Å². The van der Waals surface area contributed by atoms with Crippen molar-refractivity contribution in [1.29, 1.82) is 0 Å². The first-order valence-electron chi connectivity index (χ1n) is 6.06. The molecule has 0 aromatic heterocycles. The molecule has 0 aliphatic heterocycles. The van der Waals surface area contributed by atoms with E-state index < -0.39 is 17.8 Å². The second-order valence-electron chi connectivity index (χ2n) is 4.28. The fourth-order valence-corrected chi connectivity index (χ4v) is 2.44. The summed E-state index contributed by atoms with van der Waals surface area (Å²) in [4.78, 5) is 12.0. The molecule has 0 spiro atoms. The van der Waals surface area contributed by atoms with Crippen LogP contribution in [0, 0.1) is 5.82 Å². The molecule has 2 aromatic carbocycles. The summed E-state index contributed by atoms with van der Waals surface area (Å²) in [7, 11) is 1.25. The normalized spacial score (nSPS) is 11.8. The molecule has 6 heteroatoms. The predicted octanol–water partition coefficient (Wildman–Crippen LogP) is 4.57. The number of hydrogen-bond acceptors (Lipinski definition) is 3. The Kier molecular flexibility index (Phi) is 5.20. The average molecular weight is 373 g/mol. The number of anilines is 1. The van der Waals surface area contributed by atoms with Gasteiger partial charge in [0.15, 0.2) is 6.04 Å². The highest BCUT2D eigenvalue weighted by atomic mass is 79.9. The lowest BCUT2D eigenvalue weighted by molar-refractivity contribution is -0.141. The second kappa shape index (κ2) is 6.91. The molecule has 0 saturated heterocycles. The lowest BCUT2D eigenvalue weighted by atomic mass is 10.1. The van der Waals surface area contributed by atoms with Crippen LogP contribution in [0.5, 0.6) is 0 Å². The molecule has 21 heavy (non-hydrogen) atoms. The summed E-state index contributed by atoms with van der Waals surface area (Å²) in [6.45, 7) is 0. The minimum absolute atomic E-state index is 0.134. The molecule has 0 fully saturated rings. The fraction of sp³-hybridized carbons (Fsp3) is 0.133. The Labute approximate surface area is 135 Å². The molecular weight excluding hydrogens is 361 g/mol. The number of carbonyl (C=O) groups is 1. The summed E-state index contributed by atoms with van der Waals surface area (Å²) < 4.78 is 19.6. The molecule has 0 amide bonds. The molecule has 110 valence electrons. The molecule has 0 saturated carbocycles. The first kappa shape index (κ1) is 15.8. The second-order valence-corrected chi connectivity index (χ2v) is 5.63. The molecule has 2 aromatic rings. The van der Waals surface area contributed by atoms with Crippen LogP contribution in [0.3, 0.4) is 0 Å². The Morgan fingerprint density at radius 1 is 1.33 bits per heavy atom. The van der Waals surface area contributed by atoms with Crippen LogP contribution in [0.25, 0.3) is 0 Å². The zero-order valence-electron chi connectivity index (χ0n) is 11.1. The van der Waals surface area contributed by atoms with Gasteiger partial charge in [0.1, 0.15) is 5.82 Å². The molecule has 3 nitrogen and oxygen atoms in total. The molecule has 0 aliphatic carbocycles. The van der Waals surface area contributed by atoms with Crippen LogP contribution in [-0.2, 0) is 9.53 Å². The highest BCUT2D eigenvalue weighted by molar-refractivity contribution is 9.10. The van der Waals surface area contributed by atoms with Gasteiger partial charge in [0.25, 0.3) is 0 Å². The number of halogens is 3. The van der Waals surface area contributed by atoms with Gasteiger partial charge < -0.3 is 10.1 Å². The van der Waals surface area contributed by atoms with Crippen molar-refractivity contribution in [3.63, 3.8) is 0 Å². The van der Waals surface area contributed by atoms with E-state index in [4.69, 9.17) is 16.3 Å². The summed E-state index contributed by atoms with van der Waals surface area (Å²) in [5.74, 6) is -1.13. The number of ether oxygens (including phenoxy) is 1. The Bertz CT molecular complexity index is 666. The molecule has 2 rings (SSSR count). The van der Waals surface area contributed by atoms with Gasteiger partial charge in [-0.15, -0.1) is 0 Å². The van der Waals surface area contributed by atoms with E-state index in [1.165, 1.54) is 25.3 Å². The third-order valence-electron chi connectivity index (χ3n) is 2.84. The molecule has 0 aliphatic rings. The smallest absolute Gasteiger partial charge is 0.333 e. The predicted molar refractivity (Wildman–Crippen MR) is 83.9 cm³/mol. The Balaban J connectivity index is 2.39. The van der Waals surface area contributed by atoms with Gasteiger partial charge in [-0.25, -0.2) is 9.18 Å². The summed E-state index contributed by atoms with van der Waals surface area (Å²) >= 11 is 9.22. The average Bonchev–Trinajstić information content (AvgIpc) is 2.47. The fourth-order valence-electron chi connectivity index (χ4n) is 1.86. The van der Waals surface area contributed by atoms with E-state index in [1.54, 1.807) is 18.2 Å². The number of methoxy groups -OCH3 is 1. The first-order chi connectivity index (χ1) is 10.0. The Morgan fingerprint density at radius 3 is 2.76 bits per heavy atom. The number of esters is 1. The van der Waals surface area contributed by atoms with E-state index >= 15 is 0 Å². The van der Waals surface area contributed by atoms with E-state index in [9.17, 15) is 9.18 Å². The third-order valence-corrected chi connectivity index (χ3v) is 3.57. The minimum atomic E-state index is -0.983.